The standard InChI is InChI=1S/C20H25NO2/c1-2-12-21-17-9-10-18-16(13-17)8-11-19(20(18)22)23-14-15-6-4-3-5-7-15/h3-8,11,17,21-22H,2,9-10,12-14H2,1H3. The molecule has 0 aromatic heterocycles. The highest BCUT2D eigenvalue weighted by atomic mass is 16.5. The summed E-state index contributed by atoms with van der Waals surface area (Å²) in [6.45, 7) is 3.73. The Kier molecular flexibility index (Phi) is 5.19. The summed E-state index contributed by atoms with van der Waals surface area (Å²) in [7, 11) is 0. The van der Waals surface area contributed by atoms with Gasteiger partial charge in [-0.15, -0.1) is 0 Å². The van der Waals surface area contributed by atoms with Crippen LogP contribution in [0.25, 0.3) is 0 Å². The van der Waals surface area contributed by atoms with E-state index in [9.17, 15) is 5.11 Å². The summed E-state index contributed by atoms with van der Waals surface area (Å²) in [4.78, 5) is 0. The largest absolute Gasteiger partial charge is 0.504 e. The zero-order valence-electron chi connectivity index (χ0n) is 13.7. The van der Waals surface area contributed by atoms with Gasteiger partial charge in [-0.3, -0.25) is 0 Å². The Morgan fingerprint density at radius 2 is 2.00 bits per heavy atom. The molecule has 23 heavy (non-hydrogen) atoms. The molecule has 1 atom stereocenters. The molecular weight excluding hydrogens is 286 g/mol. The van der Waals surface area contributed by atoms with Crippen LogP contribution in [0.15, 0.2) is 42.5 Å². The smallest absolute Gasteiger partial charge is 0.161 e. The first-order valence-electron chi connectivity index (χ1n) is 8.51. The van der Waals surface area contributed by atoms with Gasteiger partial charge in [-0.05, 0) is 49.4 Å². The van der Waals surface area contributed by atoms with Crippen molar-refractivity contribution in [3.8, 4) is 11.5 Å². The van der Waals surface area contributed by atoms with Crippen LogP contribution in [0.2, 0.25) is 0 Å². The normalized spacial score (nSPS) is 16.8. The van der Waals surface area contributed by atoms with Gasteiger partial charge in [-0.2, -0.15) is 0 Å². The van der Waals surface area contributed by atoms with Gasteiger partial charge in [0.1, 0.15) is 6.61 Å². The average molecular weight is 311 g/mol. The fraction of sp³-hybridized carbons (Fsp3) is 0.400. The van der Waals surface area contributed by atoms with Crippen molar-refractivity contribution < 1.29 is 9.84 Å². The van der Waals surface area contributed by atoms with Crippen LogP contribution < -0.4 is 10.1 Å². The Labute approximate surface area is 138 Å². The van der Waals surface area contributed by atoms with Gasteiger partial charge in [-0.1, -0.05) is 43.3 Å². The first-order chi connectivity index (χ1) is 11.3. The lowest BCUT2D eigenvalue weighted by atomic mass is 9.87. The van der Waals surface area contributed by atoms with Gasteiger partial charge >= 0.3 is 0 Å². The zero-order chi connectivity index (χ0) is 16.1. The number of nitrogens with one attached hydrogen (secondary N) is 1. The lowest BCUT2D eigenvalue weighted by Crippen LogP contribution is -2.35. The zero-order valence-corrected chi connectivity index (χ0v) is 13.7. The van der Waals surface area contributed by atoms with Crippen molar-refractivity contribution in [2.75, 3.05) is 6.54 Å². The first kappa shape index (κ1) is 15.9. The molecule has 3 nitrogen and oxygen atoms in total. The van der Waals surface area contributed by atoms with E-state index in [1.54, 1.807) is 0 Å². The first-order valence-corrected chi connectivity index (χ1v) is 8.51. The molecule has 2 aromatic carbocycles. The number of hydrogen-bond donors (Lipinski definition) is 2. The van der Waals surface area contributed by atoms with Crippen LogP contribution in [0.5, 0.6) is 11.5 Å². The quantitative estimate of drug-likeness (QED) is 0.852. The number of phenols is 1. The van der Waals surface area contributed by atoms with E-state index in [0.29, 0.717) is 24.1 Å². The van der Waals surface area contributed by atoms with Crippen molar-refractivity contribution in [3.05, 3.63) is 59.2 Å². The number of benzene rings is 2. The maximum atomic E-state index is 10.5. The summed E-state index contributed by atoms with van der Waals surface area (Å²) in [6.07, 6.45) is 4.12. The van der Waals surface area contributed by atoms with Gasteiger partial charge < -0.3 is 15.2 Å². The predicted octanol–water partition coefficient (Wildman–Crippen LogP) is 3.83. The van der Waals surface area contributed by atoms with Crippen LogP contribution in [0.4, 0.5) is 0 Å². The molecule has 3 heteroatoms. The third kappa shape index (κ3) is 3.85. The molecule has 0 aliphatic heterocycles. The summed E-state index contributed by atoms with van der Waals surface area (Å²) in [5.41, 5.74) is 3.41. The van der Waals surface area contributed by atoms with Crippen LogP contribution >= 0.6 is 0 Å². The minimum Gasteiger partial charge on any atom is -0.504 e. The monoisotopic (exact) mass is 311 g/mol. The highest BCUT2D eigenvalue weighted by Gasteiger charge is 2.22. The van der Waals surface area contributed by atoms with Gasteiger partial charge in [0.2, 0.25) is 0 Å². The van der Waals surface area contributed by atoms with Gasteiger partial charge in [0.05, 0.1) is 0 Å². The molecule has 0 radical (unpaired) electrons. The van der Waals surface area contributed by atoms with E-state index < -0.39 is 0 Å². The number of aromatic hydroxyl groups is 1. The molecule has 2 aromatic rings. The second kappa shape index (κ2) is 7.51. The predicted molar refractivity (Wildman–Crippen MR) is 93.0 cm³/mol. The topological polar surface area (TPSA) is 41.5 Å². The highest BCUT2D eigenvalue weighted by molar-refractivity contribution is 5.51. The number of hydrogen-bond acceptors (Lipinski definition) is 3. The summed E-state index contributed by atoms with van der Waals surface area (Å²) < 4.78 is 5.82. The molecule has 122 valence electrons. The van der Waals surface area contributed by atoms with Crippen molar-refractivity contribution in [3.63, 3.8) is 0 Å². The summed E-state index contributed by atoms with van der Waals surface area (Å²) in [5.74, 6) is 0.917. The van der Waals surface area contributed by atoms with Gasteiger partial charge in [0, 0.05) is 11.6 Å². The third-order valence-corrected chi connectivity index (χ3v) is 4.47. The molecule has 1 unspecified atom stereocenters. The fourth-order valence-electron chi connectivity index (χ4n) is 3.19. The van der Waals surface area contributed by atoms with E-state index in [2.05, 4.69) is 18.3 Å². The van der Waals surface area contributed by atoms with Gasteiger partial charge in [0.15, 0.2) is 11.5 Å². The van der Waals surface area contributed by atoms with Crippen molar-refractivity contribution >= 4 is 0 Å². The van der Waals surface area contributed by atoms with Crippen molar-refractivity contribution in [1.29, 1.82) is 0 Å². The highest BCUT2D eigenvalue weighted by Crippen LogP contribution is 2.37. The lowest BCUT2D eigenvalue weighted by Gasteiger charge is -2.26. The SMILES string of the molecule is CCCNC1CCc2c(ccc(OCc3ccccc3)c2O)C1. The summed E-state index contributed by atoms with van der Waals surface area (Å²) in [5, 5.41) is 14.1. The van der Waals surface area contributed by atoms with Crippen LogP contribution in [0, 0.1) is 0 Å². The molecule has 0 heterocycles. The molecule has 1 aliphatic rings. The van der Waals surface area contributed by atoms with Crippen LogP contribution in [-0.2, 0) is 19.4 Å². The maximum absolute atomic E-state index is 10.5. The summed E-state index contributed by atoms with van der Waals surface area (Å²) >= 11 is 0. The minimum atomic E-state index is 0.326. The Bertz CT molecular complexity index is 640. The number of rotatable bonds is 6. The fourth-order valence-corrected chi connectivity index (χ4v) is 3.19. The molecule has 0 spiro atoms. The van der Waals surface area contributed by atoms with Crippen LogP contribution in [-0.4, -0.2) is 17.7 Å². The van der Waals surface area contributed by atoms with E-state index in [-0.39, 0.29) is 0 Å². The second-order valence-corrected chi connectivity index (χ2v) is 6.22. The Balaban J connectivity index is 1.68. The molecule has 2 N–H and O–H groups in total. The minimum absolute atomic E-state index is 0.326. The van der Waals surface area contributed by atoms with E-state index in [1.165, 1.54) is 5.56 Å². The van der Waals surface area contributed by atoms with E-state index in [1.807, 2.05) is 36.4 Å². The number of ether oxygens (including phenoxy) is 1. The van der Waals surface area contributed by atoms with Crippen molar-refractivity contribution in [1.82, 2.24) is 5.32 Å². The third-order valence-electron chi connectivity index (χ3n) is 4.47. The Morgan fingerprint density at radius 1 is 1.17 bits per heavy atom. The van der Waals surface area contributed by atoms with E-state index in [4.69, 9.17) is 4.74 Å². The molecule has 1 aliphatic carbocycles. The molecule has 3 rings (SSSR count). The summed E-state index contributed by atoms with van der Waals surface area (Å²) in [6, 6.07) is 14.6. The number of phenolic OH excluding ortho intramolecular Hbond substituents is 1. The van der Waals surface area contributed by atoms with Crippen molar-refractivity contribution in [2.45, 2.75) is 45.3 Å². The van der Waals surface area contributed by atoms with Crippen molar-refractivity contribution in [2.24, 2.45) is 0 Å². The van der Waals surface area contributed by atoms with Crippen LogP contribution in [0.1, 0.15) is 36.5 Å². The molecule has 0 saturated heterocycles. The second-order valence-electron chi connectivity index (χ2n) is 6.22. The Morgan fingerprint density at radius 3 is 2.78 bits per heavy atom. The Hall–Kier alpha value is -2.00. The molecule has 0 saturated carbocycles. The number of fused-ring (bicyclic) bond motifs is 1. The van der Waals surface area contributed by atoms with Crippen LogP contribution in [0.3, 0.4) is 0 Å². The molecular formula is C20H25NO2. The van der Waals surface area contributed by atoms with Gasteiger partial charge in [0.25, 0.3) is 0 Å². The van der Waals surface area contributed by atoms with E-state index in [0.717, 1.165) is 43.4 Å². The molecule has 0 fully saturated rings. The average Bonchev–Trinajstić information content (AvgIpc) is 2.60. The molecule has 0 bridgehead atoms. The van der Waals surface area contributed by atoms with Gasteiger partial charge in [-0.25, -0.2) is 0 Å². The molecule has 0 amide bonds. The maximum Gasteiger partial charge on any atom is 0.161 e. The van der Waals surface area contributed by atoms with E-state index >= 15 is 0 Å². The lowest BCUT2D eigenvalue weighted by molar-refractivity contribution is 0.286.